The fourth-order valence-corrected chi connectivity index (χ4v) is 13.7. The van der Waals surface area contributed by atoms with Crippen LogP contribution in [0.2, 0.25) is 23.7 Å². The van der Waals surface area contributed by atoms with Gasteiger partial charge in [-0.25, -0.2) is 0 Å². The summed E-state index contributed by atoms with van der Waals surface area (Å²) in [6.45, 7) is 12.2. The largest absolute Gasteiger partial charge is 0.462 e. The number of cyclic esters (lactones) is 1. The minimum Gasteiger partial charge on any atom is -0.462 e. The first kappa shape index (κ1) is 25.6. The smallest absolute Gasteiger partial charge is 0.306 e. The molecule has 3 aromatic rings. The summed E-state index contributed by atoms with van der Waals surface area (Å²) in [6.07, 6.45) is 1.14. The molecule has 0 N–H and O–H groups in total. The quantitative estimate of drug-likeness (QED) is 0.312. The lowest BCUT2D eigenvalue weighted by Gasteiger charge is -2.43. The topological polar surface area (TPSA) is 35.5 Å². The van der Waals surface area contributed by atoms with Crippen LogP contribution in [0.4, 0.5) is 0 Å². The van der Waals surface area contributed by atoms with Gasteiger partial charge in [0.05, 0.1) is 8.07 Å². The second kappa shape index (κ2) is 10.3. The minimum atomic E-state index is -2.60. The summed E-state index contributed by atoms with van der Waals surface area (Å²) < 4.78 is 13.0. The third kappa shape index (κ3) is 5.08. The molecule has 1 heterocycles. The van der Waals surface area contributed by atoms with E-state index in [0.717, 1.165) is 6.42 Å². The van der Waals surface area contributed by atoms with Crippen molar-refractivity contribution in [2.75, 3.05) is 6.61 Å². The van der Waals surface area contributed by atoms with Crippen LogP contribution in [-0.4, -0.2) is 35.1 Å². The van der Waals surface area contributed by atoms with Crippen molar-refractivity contribution in [1.29, 1.82) is 0 Å². The predicted molar refractivity (Wildman–Crippen MR) is 150 cm³/mol. The van der Waals surface area contributed by atoms with Crippen LogP contribution < -0.4 is 15.6 Å². The normalized spacial score (nSPS) is 18.9. The van der Waals surface area contributed by atoms with E-state index in [2.05, 4.69) is 125 Å². The third-order valence-electron chi connectivity index (χ3n) is 7.70. The Bertz CT molecular complexity index is 1070. The molecule has 3 aromatic carbocycles. The lowest BCUT2D eigenvalue weighted by molar-refractivity contribution is -0.141. The molecule has 1 fully saturated rings. The summed E-state index contributed by atoms with van der Waals surface area (Å²) in [7, 11) is -4.50. The summed E-state index contributed by atoms with van der Waals surface area (Å²) in [5, 5.41) is 3.86. The molecule has 184 valence electrons. The second-order valence-electron chi connectivity index (χ2n) is 11.2. The predicted octanol–water partition coefficient (Wildman–Crippen LogP) is 5.25. The van der Waals surface area contributed by atoms with E-state index in [0.29, 0.717) is 13.0 Å². The van der Waals surface area contributed by atoms with Crippen LogP contribution in [0.15, 0.2) is 91.0 Å². The molecule has 1 aliphatic heterocycles. The van der Waals surface area contributed by atoms with Crippen LogP contribution >= 0.6 is 0 Å². The van der Waals surface area contributed by atoms with E-state index in [9.17, 15) is 4.79 Å². The maximum absolute atomic E-state index is 12.5. The monoisotopic (exact) mass is 502 g/mol. The van der Waals surface area contributed by atoms with Crippen molar-refractivity contribution in [2.24, 2.45) is 0 Å². The lowest BCUT2D eigenvalue weighted by Crippen LogP contribution is -2.66. The molecule has 5 heteroatoms. The highest BCUT2D eigenvalue weighted by Crippen LogP contribution is 2.40. The van der Waals surface area contributed by atoms with E-state index in [1.165, 1.54) is 15.6 Å². The van der Waals surface area contributed by atoms with Gasteiger partial charge in [0.1, 0.15) is 6.10 Å². The highest BCUT2D eigenvalue weighted by Gasteiger charge is 2.51. The molecule has 35 heavy (non-hydrogen) atoms. The van der Waals surface area contributed by atoms with Crippen LogP contribution in [0.25, 0.3) is 0 Å². The zero-order chi connectivity index (χ0) is 25.1. The van der Waals surface area contributed by atoms with E-state index in [-0.39, 0.29) is 22.7 Å². The Balaban J connectivity index is 1.62. The standard InChI is InChI=1S/C30H38O3Si2/c1-30(2,3)35(25-17-11-7-12-18-25,26-19-13-8-14-20-26)32-22-21-27-28(23-29(31)33-27)34(4,5)24-15-9-6-10-16-24/h6-20,27-28H,21-23H2,1-5H3/t27-,28+/m1/s1. The van der Waals surface area contributed by atoms with Gasteiger partial charge in [-0.1, -0.05) is 130 Å². The van der Waals surface area contributed by atoms with E-state index in [1.54, 1.807) is 0 Å². The van der Waals surface area contributed by atoms with Crippen LogP contribution in [0.5, 0.6) is 0 Å². The van der Waals surface area contributed by atoms with E-state index < -0.39 is 16.4 Å². The molecule has 0 aromatic heterocycles. The Kier molecular flexibility index (Phi) is 7.50. The Labute approximate surface area is 212 Å². The van der Waals surface area contributed by atoms with Crippen molar-refractivity contribution in [2.45, 2.75) is 63.4 Å². The van der Waals surface area contributed by atoms with Gasteiger partial charge in [0.15, 0.2) is 0 Å². The highest BCUT2D eigenvalue weighted by atomic mass is 28.4. The first-order chi connectivity index (χ1) is 16.7. The van der Waals surface area contributed by atoms with Gasteiger partial charge in [-0.15, -0.1) is 0 Å². The molecule has 4 rings (SSSR count). The number of carbonyl (C=O) groups excluding carboxylic acids is 1. The van der Waals surface area contributed by atoms with E-state index >= 15 is 0 Å². The fraction of sp³-hybridized carbons (Fsp3) is 0.367. The van der Waals surface area contributed by atoms with Crippen molar-refractivity contribution in [1.82, 2.24) is 0 Å². The maximum atomic E-state index is 12.5. The number of carbonyl (C=O) groups is 1. The zero-order valence-corrected chi connectivity index (χ0v) is 23.7. The van der Waals surface area contributed by atoms with Crippen molar-refractivity contribution in [3.05, 3.63) is 91.0 Å². The van der Waals surface area contributed by atoms with Gasteiger partial charge in [0.25, 0.3) is 8.32 Å². The Morgan fingerprint density at radius 1 is 0.800 bits per heavy atom. The van der Waals surface area contributed by atoms with Crippen LogP contribution in [-0.2, 0) is 14.0 Å². The molecule has 3 nitrogen and oxygen atoms in total. The van der Waals surface area contributed by atoms with Gasteiger partial charge in [-0.05, 0) is 15.4 Å². The van der Waals surface area contributed by atoms with E-state index in [4.69, 9.17) is 9.16 Å². The SMILES string of the molecule is CC(C)(C)[Si](OCC[C@H]1OC(=O)C[C@@H]1[Si](C)(C)c1ccccc1)(c1ccccc1)c1ccccc1. The lowest BCUT2D eigenvalue weighted by atomic mass is 10.2. The molecule has 0 aliphatic carbocycles. The Morgan fingerprint density at radius 3 is 1.71 bits per heavy atom. The molecule has 0 spiro atoms. The van der Waals surface area contributed by atoms with Gasteiger partial charge in [0.2, 0.25) is 0 Å². The molecule has 1 aliphatic rings. The minimum absolute atomic E-state index is 0.0676. The van der Waals surface area contributed by atoms with Crippen molar-refractivity contribution in [3.63, 3.8) is 0 Å². The highest BCUT2D eigenvalue weighted by molar-refractivity contribution is 6.99. The zero-order valence-electron chi connectivity index (χ0n) is 21.7. The van der Waals surface area contributed by atoms with Gasteiger partial charge in [-0.2, -0.15) is 0 Å². The van der Waals surface area contributed by atoms with Gasteiger partial charge < -0.3 is 9.16 Å². The molecule has 2 atom stereocenters. The number of hydrogen-bond acceptors (Lipinski definition) is 3. The van der Waals surface area contributed by atoms with Crippen LogP contribution in [0, 0.1) is 0 Å². The molecule has 0 bridgehead atoms. The number of benzene rings is 3. The summed E-state index contributed by atoms with van der Waals surface area (Å²) in [4.78, 5) is 12.5. The molecular weight excluding hydrogens is 464 g/mol. The molecule has 0 saturated carbocycles. The van der Waals surface area contributed by atoms with Crippen molar-refractivity contribution < 1.29 is 14.0 Å². The Hall–Kier alpha value is -2.48. The van der Waals surface area contributed by atoms with E-state index in [1.807, 2.05) is 0 Å². The average Bonchev–Trinajstić information content (AvgIpc) is 3.24. The summed E-state index contributed by atoms with van der Waals surface area (Å²) in [5.41, 5.74) is 0.250. The second-order valence-corrected chi connectivity index (χ2v) is 20.3. The summed E-state index contributed by atoms with van der Waals surface area (Å²) in [5.74, 6) is -0.0676. The van der Waals surface area contributed by atoms with Crippen molar-refractivity contribution in [3.8, 4) is 0 Å². The number of ether oxygens (including phenoxy) is 1. The van der Waals surface area contributed by atoms with Gasteiger partial charge in [0, 0.05) is 25.0 Å². The van der Waals surface area contributed by atoms with Gasteiger partial charge in [-0.3, -0.25) is 4.79 Å². The molecule has 0 amide bonds. The fourth-order valence-electron chi connectivity index (χ4n) is 5.76. The van der Waals surface area contributed by atoms with Crippen LogP contribution in [0.1, 0.15) is 33.6 Å². The van der Waals surface area contributed by atoms with Crippen LogP contribution in [0.3, 0.4) is 0 Å². The number of rotatable bonds is 8. The first-order valence-electron chi connectivity index (χ1n) is 12.7. The van der Waals surface area contributed by atoms with Crippen molar-refractivity contribution >= 4 is 37.9 Å². The molecule has 1 saturated heterocycles. The number of hydrogen-bond donors (Lipinski definition) is 0. The average molecular weight is 503 g/mol. The summed E-state index contributed by atoms with van der Waals surface area (Å²) >= 11 is 0. The first-order valence-corrected chi connectivity index (χ1v) is 17.6. The molecular formula is C30H38O3Si2. The van der Waals surface area contributed by atoms with Gasteiger partial charge >= 0.3 is 5.97 Å². The molecule has 0 unspecified atom stereocenters. The molecule has 0 radical (unpaired) electrons. The maximum Gasteiger partial charge on any atom is 0.306 e. The number of esters is 1. The third-order valence-corrected chi connectivity index (χ3v) is 17.0. The Morgan fingerprint density at radius 2 is 1.26 bits per heavy atom. The summed E-state index contributed by atoms with van der Waals surface area (Å²) in [6, 6.07) is 32.1.